The lowest BCUT2D eigenvalue weighted by molar-refractivity contribution is -0.123. The van der Waals surface area contributed by atoms with Gasteiger partial charge in [-0.3, -0.25) is 4.79 Å². The molecule has 0 saturated heterocycles. The van der Waals surface area contributed by atoms with Crippen LogP contribution < -0.4 is 15.7 Å². The molecule has 28 heavy (non-hydrogen) atoms. The second-order valence-electron chi connectivity index (χ2n) is 6.55. The topological polar surface area (TPSA) is 86.4 Å². The Labute approximate surface area is 160 Å². The fourth-order valence-corrected chi connectivity index (χ4v) is 3.13. The largest absolute Gasteiger partial charge is 0.484 e. The van der Waals surface area contributed by atoms with Gasteiger partial charge in [-0.25, -0.2) is 9.78 Å². The molecule has 2 aromatic carbocycles. The molecule has 1 N–H and O–H groups in total. The van der Waals surface area contributed by atoms with Crippen molar-refractivity contribution in [1.29, 1.82) is 0 Å². The SMILES string of the molecule is Cc1cc(=O)oc2cc(OCC(=O)NCc3nc4ccccc4n3C)ccc12. The molecule has 4 aromatic rings. The van der Waals surface area contributed by atoms with Gasteiger partial charge < -0.3 is 19.0 Å². The molecule has 7 heteroatoms. The van der Waals surface area contributed by atoms with Crippen LogP contribution in [0, 0.1) is 6.92 Å². The van der Waals surface area contributed by atoms with Gasteiger partial charge in [0.25, 0.3) is 5.91 Å². The number of aryl methyl sites for hydroxylation is 2. The Kier molecular flexibility index (Phi) is 4.57. The second kappa shape index (κ2) is 7.19. The molecule has 1 amide bonds. The number of hydrogen-bond donors (Lipinski definition) is 1. The lowest BCUT2D eigenvalue weighted by Crippen LogP contribution is -2.29. The van der Waals surface area contributed by atoms with E-state index in [4.69, 9.17) is 9.15 Å². The summed E-state index contributed by atoms with van der Waals surface area (Å²) in [6.07, 6.45) is 0. The number of amides is 1. The lowest BCUT2D eigenvalue weighted by atomic mass is 10.1. The molecular formula is C21H19N3O4. The summed E-state index contributed by atoms with van der Waals surface area (Å²) in [6.45, 7) is 2.00. The van der Waals surface area contributed by atoms with E-state index in [0.717, 1.165) is 27.8 Å². The number of nitrogens with zero attached hydrogens (tertiary/aromatic N) is 2. The van der Waals surface area contributed by atoms with Gasteiger partial charge in [0.15, 0.2) is 6.61 Å². The Morgan fingerprint density at radius 3 is 2.86 bits per heavy atom. The number of nitrogens with one attached hydrogen (secondary N) is 1. The first-order chi connectivity index (χ1) is 13.5. The van der Waals surface area contributed by atoms with E-state index in [1.54, 1.807) is 18.2 Å². The molecule has 2 heterocycles. The minimum atomic E-state index is -0.414. The molecule has 4 rings (SSSR count). The van der Waals surface area contributed by atoms with Gasteiger partial charge in [0.2, 0.25) is 0 Å². The van der Waals surface area contributed by atoms with Gasteiger partial charge in [0.1, 0.15) is 17.2 Å². The molecule has 142 valence electrons. The molecular weight excluding hydrogens is 358 g/mol. The first-order valence-electron chi connectivity index (χ1n) is 8.85. The summed E-state index contributed by atoms with van der Waals surface area (Å²) in [4.78, 5) is 28.2. The van der Waals surface area contributed by atoms with Crippen LogP contribution in [-0.2, 0) is 18.4 Å². The Hall–Kier alpha value is -3.61. The van der Waals surface area contributed by atoms with Crippen LogP contribution in [0.15, 0.2) is 57.7 Å². The first-order valence-corrected chi connectivity index (χ1v) is 8.85. The van der Waals surface area contributed by atoms with E-state index in [9.17, 15) is 9.59 Å². The van der Waals surface area contributed by atoms with Gasteiger partial charge in [0.05, 0.1) is 17.6 Å². The van der Waals surface area contributed by atoms with Crippen molar-refractivity contribution in [3.63, 3.8) is 0 Å². The van der Waals surface area contributed by atoms with Crippen LogP contribution in [0.2, 0.25) is 0 Å². The monoisotopic (exact) mass is 377 g/mol. The summed E-state index contributed by atoms with van der Waals surface area (Å²) in [5.74, 6) is 0.953. The van der Waals surface area contributed by atoms with Crippen molar-refractivity contribution >= 4 is 27.9 Å². The summed E-state index contributed by atoms with van der Waals surface area (Å²) < 4.78 is 12.7. The molecule has 2 aromatic heterocycles. The van der Waals surface area contributed by atoms with Crippen molar-refractivity contribution in [2.24, 2.45) is 7.05 Å². The molecule has 0 radical (unpaired) electrons. The third-order valence-electron chi connectivity index (χ3n) is 4.62. The number of fused-ring (bicyclic) bond motifs is 2. The minimum absolute atomic E-state index is 0.147. The van der Waals surface area contributed by atoms with Crippen LogP contribution in [0.1, 0.15) is 11.4 Å². The quantitative estimate of drug-likeness (QED) is 0.541. The standard InChI is InChI=1S/C21H19N3O4/c1-13-9-21(26)28-18-10-14(7-8-15(13)18)27-12-20(25)22-11-19-23-16-5-3-4-6-17(16)24(19)2/h3-10H,11-12H2,1-2H3,(H,22,25). The van der Waals surface area contributed by atoms with Gasteiger partial charge in [0, 0.05) is 24.6 Å². The maximum absolute atomic E-state index is 12.1. The third kappa shape index (κ3) is 3.46. The molecule has 0 atom stereocenters. The maximum atomic E-state index is 12.1. The molecule has 0 aliphatic carbocycles. The number of para-hydroxylation sites is 2. The van der Waals surface area contributed by atoms with Crippen LogP contribution in [0.25, 0.3) is 22.0 Å². The number of carbonyl (C=O) groups excluding carboxylic acids is 1. The average molecular weight is 377 g/mol. The molecule has 0 unspecified atom stereocenters. The Morgan fingerprint density at radius 1 is 1.21 bits per heavy atom. The van der Waals surface area contributed by atoms with Gasteiger partial charge >= 0.3 is 5.63 Å². The molecule has 0 bridgehead atoms. The van der Waals surface area contributed by atoms with E-state index in [-0.39, 0.29) is 12.5 Å². The summed E-state index contributed by atoms with van der Waals surface area (Å²) >= 11 is 0. The van der Waals surface area contributed by atoms with Crippen molar-refractivity contribution in [3.05, 3.63) is 70.3 Å². The Bertz CT molecular complexity index is 1240. The number of aromatic nitrogens is 2. The number of hydrogen-bond acceptors (Lipinski definition) is 5. The predicted octanol–water partition coefficient (Wildman–Crippen LogP) is 2.68. The van der Waals surface area contributed by atoms with E-state index in [0.29, 0.717) is 17.9 Å². The van der Waals surface area contributed by atoms with Gasteiger partial charge in [-0.05, 0) is 36.8 Å². The molecule has 0 aliphatic heterocycles. The molecule has 7 nitrogen and oxygen atoms in total. The highest BCUT2D eigenvalue weighted by Crippen LogP contribution is 2.22. The van der Waals surface area contributed by atoms with Crippen LogP contribution in [-0.4, -0.2) is 22.1 Å². The van der Waals surface area contributed by atoms with Crippen molar-refractivity contribution in [2.45, 2.75) is 13.5 Å². The van der Waals surface area contributed by atoms with Crippen LogP contribution in [0.3, 0.4) is 0 Å². The van der Waals surface area contributed by atoms with E-state index in [1.807, 2.05) is 42.8 Å². The highest BCUT2D eigenvalue weighted by molar-refractivity contribution is 5.82. The summed E-state index contributed by atoms with van der Waals surface area (Å²) in [7, 11) is 1.91. The normalized spacial score (nSPS) is 11.1. The van der Waals surface area contributed by atoms with Gasteiger partial charge in [-0.1, -0.05) is 12.1 Å². The summed E-state index contributed by atoms with van der Waals surface area (Å²) in [6, 6.07) is 14.4. The smallest absolute Gasteiger partial charge is 0.336 e. The third-order valence-corrected chi connectivity index (χ3v) is 4.62. The molecule has 0 spiro atoms. The van der Waals surface area contributed by atoms with Crippen LogP contribution in [0.4, 0.5) is 0 Å². The van der Waals surface area contributed by atoms with Gasteiger partial charge in [-0.2, -0.15) is 0 Å². The highest BCUT2D eigenvalue weighted by Gasteiger charge is 2.10. The number of rotatable bonds is 5. The van der Waals surface area contributed by atoms with Crippen LogP contribution >= 0.6 is 0 Å². The van der Waals surface area contributed by atoms with E-state index >= 15 is 0 Å². The van der Waals surface area contributed by atoms with E-state index in [2.05, 4.69) is 10.3 Å². The lowest BCUT2D eigenvalue weighted by Gasteiger charge is -2.08. The predicted molar refractivity (Wildman–Crippen MR) is 105 cm³/mol. The molecule has 0 fully saturated rings. The molecule has 0 saturated carbocycles. The van der Waals surface area contributed by atoms with Crippen LogP contribution in [0.5, 0.6) is 5.75 Å². The Morgan fingerprint density at radius 2 is 2.04 bits per heavy atom. The van der Waals surface area contributed by atoms with Crippen molar-refractivity contribution in [2.75, 3.05) is 6.61 Å². The fourth-order valence-electron chi connectivity index (χ4n) is 3.13. The number of carbonyl (C=O) groups is 1. The Balaban J connectivity index is 1.39. The van der Waals surface area contributed by atoms with Crippen molar-refractivity contribution in [3.8, 4) is 5.75 Å². The number of ether oxygens (including phenoxy) is 1. The first kappa shape index (κ1) is 17.8. The van der Waals surface area contributed by atoms with Gasteiger partial charge in [-0.15, -0.1) is 0 Å². The van der Waals surface area contributed by atoms with E-state index in [1.165, 1.54) is 6.07 Å². The fraction of sp³-hybridized carbons (Fsp3) is 0.190. The maximum Gasteiger partial charge on any atom is 0.336 e. The zero-order valence-electron chi connectivity index (χ0n) is 15.6. The van der Waals surface area contributed by atoms with Crippen molar-refractivity contribution < 1.29 is 13.9 Å². The zero-order chi connectivity index (χ0) is 19.7. The second-order valence-corrected chi connectivity index (χ2v) is 6.55. The average Bonchev–Trinajstić information content (AvgIpc) is 3.00. The highest BCUT2D eigenvalue weighted by atomic mass is 16.5. The number of benzene rings is 2. The summed E-state index contributed by atoms with van der Waals surface area (Å²) in [5, 5.41) is 3.64. The molecule has 0 aliphatic rings. The van der Waals surface area contributed by atoms with Crippen molar-refractivity contribution in [1.82, 2.24) is 14.9 Å². The number of imidazole rings is 1. The summed E-state index contributed by atoms with van der Waals surface area (Å²) in [5.41, 5.74) is 2.75. The van der Waals surface area contributed by atoms with E-state index < -0.39 is 5.63 Å². The zero-order valence-corrected chi connectivity index (χ0v) is 15.6. The minimum Gasteiger partial charge on any atom is -0.484 e.